The van der Waals surface area contributed by atoms with Gasteiger partial charge < -0.3 is 9.64 Å². The van der Waals surface area contributed by atoms with Crippen LogP contribution in [0.15, 0.2) is 47.4 Å². The highest BCUT2D eigenvalue weighted by atomic mass is 35.5. The van der Waals surface area contributed by atoms with Crippen molar-refractivity contribution in [1.82, 2.24) is 0 Å². The molecule has 7 heteroatoms. The lowest BCUT2D eigenvalue weighted by Gasteiger charge is -2.18. The number of rotatable bonds is 5. The molecule has 2 aromatic rings. The number of nitrogens with zero attached hydrogens (tertiary/aromatic N) is 1. The van der Waals surface area contributed by atoms with E-state index >= 15 is 0 Å². The molecule has 5 nitrogen and oxygen atoms in total. The van der Waals surface area contributed by atoms with Gasteiger partial charge >= 0.3 is 0 Å². The molecule has 1 heterocycles. The summed E-state index contributed by atoms with van der Waals surface area (Å²) < 4.78 is 32.6. The molecule has 0 aliphatic carbocycles. The molecule has 1 aliphatic heterocycles. The first-order valence-corrected chi connectivity index (χ1v) is 9.57. The maximum Gasteiger partial charge on any atom is 0.261 e. The van der Waals surface area contributed by atoms with Crippen molar-refractivity contribution in [3.05, 3.63) is 47.5 Å². The Hall–Kier alpha value is -1.92. The number of methoxy groups -OCH3 is 1. The number of sulfonamides is 1. The lowest BCUT2D eigenvalue weighted by molar-refractivity contribution is 0.414. The average Bonchev–Trinajstić information content (AvgIpc) is 3.09. The number of halogens is 1. The van der Waals surface area contributed by atoms with E-state index in [9.17, 15) is 8.42 Å². The molecule has 2 aromatic carbocycles. The summed E-state index contributed by atoms with van der Waals surface area (Å²) in [6.45, 7) is 2.10. The Labute approximate surface area is 147 Å². The van der Waals surface area contributed by atoms with Crippen molar-refractivity contribution < 1.29 is 13.2 Å². The third kappa shape index (κ3) is 3.60. The quantitative estimate of drug-likeness (QED) is 0.875. The second kappa shape index (κ2) is 6.91. The maximum absolute atomic E-state index is 12.5. The first-order valence-electron chi connectivity index (χ1n) is 7.71. The molecule has 0 saturated carbocycles. The van der Waals surface area contributed by atoms with Crippen LogP contribution in [0.3, 0.4) is 0 Å². The Morgan fingerprint density at radius 1 is 1.08 bits per heavy atom. The minimum Gasteiger partial charge on any atom is -0.495 e. The van der Waals surface area contributed by atoms with E-state index in [0.29, 0.717) is 11.4 Å². The lowest BCUT2D eigenvalue weighted by atomic mass is 10.2. The molecule has 128 valence electrons. The zero-order chi connectivity index (χ0) is 17.2. The van der Waals surface area contributed by atoms with Crippen LogP contribution < -0.4 is 14.4 Å². The van der Waals surface area contributed by atoms with E-state index in [4.69, 9.17) is 16.3 Å². The summed E-state index contributed by atoms with van der Waals surface area (Å²) >= 11 is 6.01. The fraction of sp³-hybridized carbons (Fsp3) is 0.294. The summed E-state index contributed by atoms with van der Waals surface area (Å²) in [4.78, 5) is 2.39. The standard InChI is InChI=1S/C17H19ClN2O3S/c1-23-17-9-8-15(12-16(17)18)24(21,22)19-13-4-6-14(7-5-13)20-10-2-3-11-20/h4-9,12,19H,2-3,10-11H2,1H3. The smallest absolute Gasteiger partial charge is 0.261 e. The van der Waals surface area contributed by atoms with Crippen LogP contribution in [-0.2, 0) is 10.0 Å². The van der Waals surface area contributed by atoms with Crippen LogP contribution in [-0.4, -0.2) is 28.6 Å². The van der Waals surface area contributed by atoms with Crippen LogP contribution in [0, 0.1) is 0 Å². The predicted octanol–water partition coefficient (Wildman–Crippen LogP) is 3.75. The first-order chi connectivity index (χ1) is 11.5. The van der Waals surface area contributed by atoms with Crippen LogP contribution >= 0.6 is 11.6 Å². The van der Waals surface area contributed by atoms with Gasteiger partial charge in [-0.15, -0.1) is 0 Å². The SMILES string of the molecule is COc1ccc(S(=O)(=O)Nc2ccc(N3CCCC3)cc2)cc1Cl. The zero-order valence-corrected chi connectivity index (χ0v) is 14.9. The summed E-state index contributed by atoms with van der Waals surface area (Å²) in [6, 6.07) is 11.8. The molecule has 1 fully saturated rings. The normalized spacial score (nSPS) is 14.7. The summed E-state index contributed by atoms with van der Waals surface area (Å²) in [5, 5.41) is 0.254. The molecule has 0 amide bonds. The topological polar surface area (TPSA) is 58.6 Å². The molecule has 1 saturated heterocycles. The third-order valence-corrected chi connectivity index (χ3v) is 5.70. The number of hydrogen-bond acceptors (Lipinski definition) is 4. The van der Waals surface area contributed by atoms with Crippen molar-refractivity contribution in [2.24, 2.45) is 0 Å². The Morgan fingerprint density at radius 3 is 2.33 bits per heavy atom. The first kappa shape index (κ1) is 16.9. The van der Waals surface area contributed by atoms with Gasteiger partial charge in [-0.05, 0) is 55.3 Å². The van der Waals surface area contributed by atoms with Gasteiger partial charge in [-0.25, -0.2) is 8.42 Å². The predicted molar refractivity (Wildman–Crippen MR) is 96.7 cm³/mol. The number of nitrogens with one attached hydrogen (secondary N) is 1. The van der Waals surface area contributed by atoms with Gasteiger partial charge in [0, 0.05) is 24.5 Å². The van der Waals surface area contributed by atoms with Crippen LogP contribution in [0.25, 0.3) is 0 Å². The van der Waals surface area contributed by atoms with Crippen LogP contribution in [0.5, 0.6) is 5.75 Å². The van der Waals surface area contributed by atoms with Crippen molar-refractivity contribution in [2.75, 3.05) is 29.8 Å². The van der Waals surface area contributed by atoms with E-state index in [1.165, 1.54) is 38.2 Å². The zero-order valence-electron chi connectivity index (χ0n) is 13.3. The van der Waals surface area contributed by atoms with Crippen molar-refractivity contribution in [2.45, 2.75) is 17.7 Å². The molecule has 0 aromatic heterocycles. The van der Waals surface area contributed by atoms with E-state index in [-0.39, 0.29) is 9.92 Å². The van der Waals surface area contributed by atoms with Gasteiger partial charge in [0.05, 0.1) is 17.0 Å². The Kier molecular flexibility index (Phi) is 4.87. The van der Waals surface area contributed by atoms with Gasteiger partial charge in [0.1, 0.15) is 5.75 Å². The number of ether oxygens (including phenoxy) is 1. The van der Waals surface area contributed by atoms with E-state index < -0.39 is 10.0 Å². The van der Waals surface area contributed by atoms with Gasteiger partial charge in [0.25, 0.3) is 10.0 Å². The van der Waals surface area contributed by atoms with Crippen LogP contribution in [0.1, 0.15) is 12.8 Å². The number of benzene rings is 2. The molecule has 0 atom stereocenters. The van der Waals surface area contributed by atoms with E-state index in [0.717, 1.165) is 18.8 Å². The maximum atomic E-state index is 12.5. The van der Waals surface area contributed by atoms with Gasteiger partial charge in [0.15, 0.2) is 0 Å². The summed E-state index contributed by atoms with van der Waals surface area (Å²) in [6.07, 6.45) is 2.40. The Bertz CT molecular complexity index is 816. The highest BCUT2D eigenvalue weighted by molar-refractivity contribution is 7.92. The van der Waals surface area contributed by atoms with E-state index in [1.54, 1.807) is 12.1 Å². The van der Waals surface area contributed by atoms with E-state index in [2.05, 4.69) is 9.62 Å². The van der Waals surface area contributed by atoms with Crippen molar-refractivity contribution in [3.8, 4) is 5.75 Å². The second-order valence-electron chi connectivity index (χ2n) is 5.64. The highest BCUT2D eigenvalue weighted by Crippen LogP contribution is 2.28. The van der Waals surface area contributed by atoms with E-state index in [1.807, 2.05) is 12.1 Å². The largest absolute Gasteiger partial charge is 0.495 e. The fourth-order valence-electron chi connectivity index (χ4n) is 2.74. The van der Waals surface area contributed by atoms with Gasteiger partial charge in [-0.2, -0.15) is 0 Å². The van der Waals surface area contributed by atoms with Crippen molar-refractivity contribution in [3.63, 3.8) is 0 Å². The molecule has 1 N–H and O–H groups in total. The molecule has 0 radical (unpaired) electrons. The third-order valence-electron chi connectivity index (χ3n) is 4.02. The summed E-state index contributed by atoms with van der Waals surface area (Å²) in [7, 11) is -2.21. The molecule has 0 spiro atoms. The number of anilines is 2. The van der Waals surface area contributed by atoms with Gasteiger partial charge in [-0.3, -0.25) is 4.72 Å². The highest BCUT2D eigenvalue weighted by Gasteiger charge is 2.17. The Balaban J connectivity index is 1.77. The average molecular weight is 367 g/mol. The fourth-order valence-corrected chi connectivity index (χ4v) is 4.15. The Morgan fingerprint density at radius 2 is 1.75 bits per heavy atom. The second-order valence-corrected chi connectivity index (χ2v) is 7.73. The van der Waals surface area contributed by atoms with Crippen molar-refractivity contribution >= 4 is 33.0 Å². The molecule has 24 heavy (non-hydrogen) atoms. The van der Waals surface area contributed by atoms with Gasteiger partial charge in [0.2, 0.25) is 0 Å². The van der Waals surface area contributed by atoms with Gasteiger partial charge in [-0.1, -0.05) is 11.6 Å². The molecule has 0 bridgehead atoms. The summed E-state index contributed by atoms with van der Waals surface area (Å²) in [5.41, 5.74) is 1.63. The molecular formula is C17H19ClN2O3S. The van der Waals surface area contributed by atoms with Crippen molar-refractivity contribution in [1.29, 1.82) is 0 Å². The molecule has 0 unspecified atom stereocenters. The molecule has 1 aliphatic rings. The monoisotopic (exact) mass is 366 g/mol. The lowest BCUT2D eigenvalue weighted by Crippen LogP contribution is -2.17. The molecule has 3 rings (SSSR count). The minimum atomic E-state index is -3.70. The molecular weight excluding hydrogens is 348 g/mol. The van der Waals surface area contributed by atoms with Crippen LogP contribution in [0.4, 0.5) is 11.4 Å². The minimum absolute atomic E-state index is 0.0944. The van der Waals surface area contributed by atoms with Crippen LogP contribution in [0.2, 0.25) is 5.02 Å². The summed E-state index contributed by atoms with van der Waals surface area (Å²) in [5.74, 6) is 0.436. The number of hydrogen-bond donors (Lipinski definition) is 1.